The van der Waals surface area contributed by atoms with Crippen molar-refractivity contribution < 1.29 is 4.74 Å². The maximum Gasteiger partial charge on any atom is 0.0597 e. The third kappa shape index (κ3) is 3.50. The van der Waals surface area contributed by atoms with Crippen LogP contribution >= 0.6 is 0 Å². The van der Waals surface area contributed by atoms with E-state index in [4.69, 9.17) is 4.74 Å². The Morgan fingerprint density at radius 1 is 0.944 bits per heavy atom. The Labute approximate surface area is 114 Å². The molecule has 2 aliphatic carbocycles. The van der Waals surface area contributed by atoms with E-state index < -0.39 is 0 Å². The van der Waals surface area contributed by atoms with Crippen LogP contribution in [0.3, 0.4) is 0 Å². The molecule has 0 radical (unpaired) electrons. The van der Waals surface area contributed by atoms with Crippen LogP contribution in [0.25, 0.3) is 0 Å². The molecule has 0 amide bonds. The van der Waals surface area contributed by atoms with Gasteiger partial charge < -0.3 is 4.74 Å². The van der Waals surface area contributed by atoms with Crippen molar-refractivity contribution in [3.63, 3.8) is 0 Å². The molecule has 18 heavy (non-hydrogen) atoms. The first-order valence-electron chi connectivity index (χ1n) is 8.27. The Balaban J connectivity index is 1.77. The van der Waals surface area contributed by atoms with Crippen LogP contribution in [0.2, 0.25) is 0 Å². The van der Waals surface area contributed by atoms with E-state index in [1.807, 2.05) is 7.11 Å². The average Bonchev–Trinajstić information content (AvgIpc) is 2.40. The maximum absolute atomic E-state index is 5.59. The van der Waals surface area contributed by atoms with Crippen molar-refractivity contribution >= 4 is 0 Å². The molecule has 106 valence electrons. The Morgan fingerprint density at radius 3 is 2.17 bits per heavy atom. The summed E-state index contributed by atoms with van der Waals surface area (Å²) in [6.07, 6.45) is 13.6. The molecule has 2 aliphatic rings. The van der Waals surface area contributed by atoms with E-state index in [1.54, 1.807) is 0 Å². The molecule has 2 rings (SSSR count). The third-order valence-corrected chi connectivity index (χ3v) is 5.69. The summed E-state index contributed by atoms with van der Waals surface area (Å²) in [5.74, 6) is 3.88. The summed E-state index contributed by atoms with van der Waals surface area (Å²) in [7, 11) is 1.89. The summed E-state index contributed by atoms with van der Waals surface area (Å²) < 4.78 is 5.59. The predicted octanol–water partition coefficient (Wildman–Crippen LogP) is 5.04. The van der Waals surface area contributed by atoms with E-state index in [0.29, 0.717) is 6.10 Å². The van der Waals surface area contributed by atoms with Crippen molar-refractivity contribution in [3.05, 3.63) is 0 Å². The Kier molecular flexibility index (Phi) is 5.54. The second-order valence-electron chi connectivity index (χ2n) is 6.89. The van der Waals surface area contributed by atoms with Gasteiger partial charge in [0, 0.05) is 7.11 Å². The van der Waals surface area contributed by atoms with Crippen LogP contribution in [-0.4, -0.2) is 13.2 Å². The van der Waals surface area contributed by atoms with Gasteiger partial charge in [-0.15, -0.1) is 0 Å². The van der Waals surface area contributed by atoms with Gasteiger partial charge in [-0.3, -0.25) is 0 Å². The SMILES string of the molecule is CCCC1CCC(C2CC[C@@H](OC)[C@H](C)C2)CC1. The van der Waals surface area contributed by atoms with Crippen LogP contribution in [0.1, 0.15) is 71.6 Å². The normalized spacial score (nSPS) is 41.8. The molecular formula is C17H32O. The lowest BCUT2D eigenvalue weighted by molar-refractivity contribution is -0.000198. The van der Waals surface area contributed by atoms with Gasteiger partial charge in [-0.2, -0.15) is 0 Å². The zero-order chi connectivity index (χ0) is 13.0. The van der Waals surface area contributed by atoms with Crippen LogP contribution in [0.15, 0.2) is 0 Å². The average molecular weight is 252 g/mol. The molecule has 2 fully saturated rings. The van der Waals surface area contributed by atoms with Crippen LogP contribution in [0, 0.1) is 23.7 Å². The highest BCUT2D eigenvalue weighted by Gasteiger charge is 2.33. The molecule has 2 saturated carbocycles. The second-order valence-corrected chi connectivity index (χ2v) is 6.89. The van der Waals surface area contributed by atoms with Gasteiger partial charge in [0.2, 0.25) is 0 Å². The number of ether oxygens (including phenoxy) is 1. The zero-order valence-corrected chi connectivity index (χ0v) is 12.7. The van der Waals surface area contributed by atoms with E-state index in [1.165, 1.54) is 57.8 Å². The van der Waals surface area contributed by atoms with Crippen molar-refractivity contribution in [2.24, 2.45) is 23.7 Å². The molecular weight excluding hydrogens is 220 g/mol. The molecule has 0 bridgehead atoms. The van der Waals surface area contributed by atoms with Gasteiger partial charge >= 0.3 is 0 Å². The van der Waals surface area contributed by atoms with Crippen LogP contribution in [0.5, 0.6) is 0 Å². The lowest BCUT2D eigenvalue weighted by atomic mass is 9.68. The molecule has 0 spiro atoms. The zero-order valence-electron chi connectivity index (χ0n) is 12.7. The van der Waals surface area contributed by atoms with Gasteiger partial charge in [0.15, 0.2) is 0 Å². The third-order valence-electron chi connectivity index (χ3n) is 5.69. The standard InChI is InChI=1S/C17H32O/c1-4-5-14-6-8-15(9-7-14)16-10-11-17(18-3)13(2)12-16/h13-17H,4-12H2,1-3H3/t13-,14?,15?,16?,17-/m1/s1. The van der Waals surface area contributed by atoms with Gasteiger partial charge in [0.05, 0.1) is 6.10 Å². The molecule has 0 aliphatic heterocycles. The molecule has 1 nitrogen and oxygen atoms in total. The highest BCUT2D eigenvalue weighted by atomic mass is 16.5. The monoisotopic (exact) mass is 252 g/mol. The van der Waals surface area contributed by atoms with Gasteiger partial charge in [0.1, 0.15) is 0 Å². The summed E-state index contributed by atoms with van der Waals surface area (Å²) >= 11 is 0. The Bertz CT molecular complexity index is 230. The highest BCUT2D eigenvalue weighted by molar-refractivity contribution is 4.84. The largest absolute Gasteiger partial charge is 0.381 e. The molecule has 0 saturated heterocycles. The van der Waals surface area contributed by atoms with E-state index >= 15 is 0 Å². The minimum atomic E-state index is 0.540. The Morgan fingerprint density at radius 2 is 1.61 bits per heavy atom. The number of rotatable bonds is 4. The summed E-state index contributed by atoms with van der Waals surface area (Å²) in [5.41, 5.74) is 0. The summed E-state index contributed by atoms with van der Waals surface area (Å²) in [4.78, 5) is 0. The minimum absolute atomic E-state index is 0.540. The molecule has 1 unspecified atom stereocenters. The molecule has 0 aromatic rings. The first-order chi connectivity index (χ1) is 8.74. The van der Waals surface area contributed by atoms with Gasteiger partial charge in [-0.25, -0.2) is 0 Å². The van der Waals surface area contributed by atoms with Crippen molar-refractivity contribution in [1.29, 1.82) is 0 Å². The first kappa shape index (κ1) is 14.4. The predicted molar refractivity (Wildman–Crippen MR) is 77.7 cm³/mol. The molecule has 0 N–H and O–H groups in total. The van der Waals surface area contributed by atoms with Crippen molar-refractivity contribution in [3.8, 4) is 0 Å². The summed E-state index contributed by atoms with van der Waals surface area (Å²) in [6, 6.07) is 0. The molecule has 0 aromatic carbocycles. The Hall–Kier alpha value is -0.0400. The molecule has 1 heteroatoms. The topological polar surface area (TPSA) is 9.23 Å². The fourth-order valence-corrected chi connectivity index (χ4v) is 4.54. The van der Waals surface area contributed by atoms with E-state index in [0.717, 1.165) is 23.7 Å². The molecule has 3 atom stereocenters. The second kappa shape index (κ2) is 6.93. The fraction of sp³-hybridized carbons (Fsp3) is 1.00. The lowest BCUT2D eigenvalue weighted by Crippen LogP contribution is -2.33. The van der Waals surface area contributed by atoms with Gasteiger partial charge in [-0.05, 0) is 55.8 Å². The number of methoxy groups -OCH3 is 1. The summed E-state index contributed by atoms with van der Waals surface area (Å²) in [5, 5.41) is 0. The molecule has 0 heterocycles. The lowest BCUT2D eigenvalue weighted by Gasteiger charge is -2.40. The van der Waals surface area contributed by atoms with Crippen LogP contribution < -0.4 is 0 Å². The fourth-order valence-electron chi connectivity index (χ4n) is 4.54. The van der Waals surface area contributed by atoms with Gasteiger partial charge in [-0.1, -0.05) is 39.5 Å². The minimum Gasteiger partial charge on any atom is -0.381 e. The quantitative estimate of drug-likeness (QED) is 0.680. The van der Waals surface area contributed by atoms with Crippen LogP contribution in [0.4, 0.5) is 0 Å². The smallest absolute Gasteiger partial charge is 0.0597 e. The molecule has 0 aromatic heterocycles. The number of hydrogen-bond donors (Lipinski definition) is 0. The van der Waals surface area contributed by atoms with Crippen LogP contribution in [-0.2, 0) is 4.74 Å². The highest BCUT2D eigenvalue weighted by Crippen LogP contribution is 2.42. The van der Waals surface area contributed by atoms with E-state index in [-0.39, 0.29) is 0 Å². The van der Waals surface area contributed by atoms with Crippen molar-refractivity contribution in [2.75, 3.05) is 7.11 Å². The van der Waals surface area contributed by atoms with Gasteiger partial charge in [0.25, 0.3) is 0 Å². The van der Waals surface area contributed by atoms with E-state index in [2.05, 4.69) is 13.8 Å². The summed E-state index contributed by atoms with van der Waals surface area (Å²) in [6.45, 7) is 4.73. The van der Waals surface area contributed by atoms with E-state index in [9.17, 15) is 0 Å². The maximum atomic E-state index is 5.59. The van der Waals surface area contributed by atoms with Crippen molar-refractivity contribution in [2.45, 2.75) is 77.7 Å². The van der Waals surface area contributed by atoms with Crippen molar-refractivity contribution in [1.82, 2.24) is 0 Å². The first-order valence-corrected chi connectivity index (χ1v) is 8.27. The number of hydrogen-bond acceptors (Lipinski definition) is 1.